The number of fused-ring (bicyclic) bond motifs is 3. The number of nitrogens with one attached hydrogen (secondary N) is 1. The van der Waals surface area contributed by atoms with Crippen LogP contribution in [0.5, 0.6) is 0 Å². The van der Waals surface area contributed by atoms with Crippen molar-refractivity contribution in [1.29, 1.82) is 0 Å². The molecular formula is C22H33N5O2. The Morgan fingerprint density at radius 1 is 1.10 bits per heavy atom. The molecule has 3 fully saturated rings. The number of likely N-dealkylation sites (N-methyl/N-ethyl adjacent to an activating group) is 1. The van der Waals surface area contributed by atoms with E-state index in [1.807, 2.05) is 0 Å². The van der Waals surface area contributed by atoms with Crippen LogP contribution in [-0.4, -0.2) is 71.8 Å². The highest BCUT2D eigenvalue weighted by molar-refractivity contribution is 6.00. The number of hydrogen-bond donors (Lipinski definition) is 1. The molecule has 1 aromatic rings. The third-order valence-electron chi connectivity index (χ3n) is 6.36. The lowest BCUT2D eigenvalue weighted by molar-refractivity contribution is -0.138. The lowest BCUT2D eigenvalue weighted by Crippen LogP contribution is -2.66. The summed E-state index contributed by atoms with van der Waals surface area (Å²) in [7, 11) is 1.81. The zero-order valence-corrected chi connectivity index (χ0v) is 18.2. The van der Waals surface area contributed by atoms with E-state index in [1.54, 1.807) is 11.9 Å². The Labute approximate surface area is 173 Å². The molecule has 7 heteroatoms. The third kappa shape index (κ3) is 3.40. The number of hydrogen-bond acceptors (Lipinski definition) is 5. The van der Waals surface area contributed by atoms with Gasteiger partial charge in [-0.2, -0.15) is 0 Å². The number of benzene rings is 1. The Kier molecular flexibility index (Phi) is 5.29. The molecule has 3 saturated heterocycles. The molecule has 1 N–H and O–H groups in total. The number of anilines is 1. The molecule has 158 valence electrons. The minimum absolute atomic E-state index is 0.0592. The predicted molar refractivity (Wildman–Crippen MR) is 113 cm³/mol. The number of amides is 3. The fourth-order valence-electron chi connectivity index (χ4n) is 5.06. The molecule has 3 amide bonds. The number of carbonyl (C=O) groups is 2. The van der Waals surface area contributed by atoms with Crippen molar-refractivity contribution in [3.8, 4) is 0 Å². The highest BCUT2D eigenvalue weighted by Crippen LogP contribution is 2.35. The molecule has 29 heavy (non-hydrogen) atoms. The van der Waals surface area contributed by atoms with Gasteiger partial charge in [-0.3, -0.25) is 19.9 Å². The minimum Gasteiger partial charge on any atom is -0.343 e. The van der Waals surface area contributed by atoms with E-state index in [4.69, 9.17) is 0 Å². The molecule has 0 radical (unpaired) electrons. The highest BCUT2D eigenvalue weighted by Gasteiger charge is 2.56. The number of rotatable bonds is 4. The number of urea groups is 1. The summed E-state index contributed by atoms with van der Waals surface area (Å²) in [5.41, 5.74) is 3.63. The molecule has 3 heterocycles. The first kappa shape index (κ1) is 20.2. The lowest BCUT2D eigenvalue weighted by Gasteiger charge is -2.46. The molecule has 1 aromatic carbocycles. The summed E-state index contributed by atoms with van der Waals surface area (Å²) in [6, 6.07) is 6.06. The molecule has 0 bridgehead atoms. The largest absolute Gasteiger partial charge is 0.343 e. The van der Waals surface area contributed by atoms with Crippen molar-refractivity contribution >= 4 is 17.6 Å². The summed E-state index contributed by atoms with van der Waals surface area (Å²) in [6.07, 6.45) is 1.41. The van der Waals surface area contributed by atoms with Crippen molar-refractivity contribution in [3.63, 3.8) is 0 Å². The van der Waals surface area contributed by atoms with Gasteiger partial charge in [-0.1, -0.05) is 26.3 Å². The number of nitrogens with zero attached hydrogens (tertiary/aromatic N) is 4. The van der Waals surface area contributed by atoms with Gasteiger partial charge in [0.25, 0.3) is 5.91 Å². The molecular weight excluding hydrogens is 366 g/mol. The molecule has 4 unspecified atom stereocenters. The summed E-state index contributed by atoms with van der Waals surface area (Å²) in [5.74, 6) is 0.364. The second-order valence-corrected chi connectivity index (χ2v) is 8.97. The topological polar surface area (TPSA) is 59.1 Å². The van der Waals surface area contributed by atoms with Crippen molar-refractivity contribution in [3.05, 3.63) is 29.3 Å². The molecule has 3 aliphatic heterocycles. The smallest absolute Gasteiger partial charge is 0.327 e. The van der Waals surface area contributed by atoms with Crippen LogP contribution in [-0.2, 0) is 4.79 Å². The van der Waals surface area contributed by atoms with E-state index in [0.717, 1.165) is 25.9 Å². The van der Waals surface area contributed by atoms with Crippen molar-refractivity contribution in [2.24, 2.45) is 5.92 Å². The van der Waals surface area contributed by atoms with Crippen LogP contribution < -0.4 is 10.2 Å². The van der Waals surface area contributed by atoms with Gasteiger partial charge in [0.2, 0.25) is 0 Å². The van der Waals surface area contributed by atoms with Gasteiger partial charge in [0, 0.05) is 32.4 Å². The van der Waals surface area contributed by atoms with Crippen molar-refractivity contribution in [2.75, 3.05) is 31.6 Å². The van der Waals surface area contributed by atoms with Gasteiger partial charge in [0.15, 0.2) is 0 Å². The van der Waals surface area contributed by atoms with Gasteiger partial charge in [-0.25, -0.2) is 4.79 Å². The highest BCUT2D eigenvalue weighted by atomic mass is 16.2. The van der Waals surface area contributed by atoms with Crippen molar-refractivity contribution in [2.45, 2.75) is 59.0 Å². The molecule has 4 atom stereocenters. The summed E-state index contributed by atoms with van der Waals surface area (Å²) in [4.78, 5) is 34.0. The van der Waals surface area contributed by atoms with Crippen LogP contribution in [0.25, 0.3) is 0 Å². The molecule has 4 rings (SSSR count). The molecule has 0 aliphatic carbocycles. The number of aryl methyl sites for hydroxylation is 2. The Balaban J connectivity index is 1.67. The van der Waals surface area contributed by atoms with Crippen LogP contribution in [0.3, 0.4) is 0 Å². The number of carbonyl (C=O) groups excluding carboxylic acids is 2. The average molecular weight is 400 g/mol. The van der Waals surface area contributed by atoms with Crippen LogP contribution in [0.15, 0.2) is 18.2 Å². The summed E-state index contributed by atoms with van der Waals surface area (Å²) >= 11 is 0. The van der Waals surface area contributed by atoms with Gasteiger partial charge in [0.05, 0.1) is 0 Å². The van der Waals surface area contributed by atoms with Crippen LogP contribution in [0.1, 0.15) is 37.8 Å². The first-order valence-electron chi connectivity index (χ1n) is 10.8. The first-order chi connectivity index (χ1) is 13.8. The quantitative estimate of drug-likeness (QED) is 0.842. The van der Waals surface area contributed by atoms with Gasteiger partial charge in [-0.15, -0.1) is 0 Å². The van der Waals surface area contributed by atoms with Crippen molar-refractivity contribution in [1.82, 2.24) is 20.0 Å². The molecule has 0 saturated carbocycles. The molecule has 0 spiro atoms. The number of unbranched alkanes of at least 4 members (excludes halogenated alkanes) is 1. The zero-order chi connectivity index (χ0) is 20.9. The van der Waals surface area contributed by atoms with E-state index < -0.39 is 0 Å². The molecule has 7 nitrogen and oxygen atoms in total. The van der Waals surface area contributed by atoms with E-state index in [1.165, 1.54) is 21.7 Å². The minimum atomic E-state index is -0.337. The van der Waals surface area contributed by atoms with E-state index >= 15 is 0 Å². The van der Waals surface area contributed by atoms with E-state index in [2.05, 4.69) is 61.0 Å². The Hall–Kier alpha value is -2.12. The monoisotopic (exact) mass is 399 g/mol. The van der Waals surface area contributed by atoms with Gasteiger partial charge >= 0.3 is 6.03 Å². The maximum Gasteiger partial charge on any atom is 0.327 e. The van der Waals surface area contributed by atoms with E-state index in [0.29, 0.717) is 12.5 Å². The summed E-state index contributed by atoms with van der Waals surface area (Å²) in [5, 5.41) is 3.60. The van der Waals surface area contributed by atoms with Crippen molar-refractivity contribution < 1.29 is 9.59 Å². The second kappa shape index (κ2) is 7.61. The van der Waals surface area contributed by atoms with Crippen LogP contribution >= 0.6 is 0 Å². The summed E-state index contributed by atoms with van der Waals surface area (Å²) in [6.45, 7) is 10.8. The normalized spacial score (nSPS) is 30.0. The molecule has 3 aliphatic rings. The van der Waals surface area contributed by atoms with Crippen LogP contribution in [0, 0.1) is 19.8 Å². The van der Waals surface area contributed by atoms with Crippen LogP contribution in [0.4, 0.5) is 10.5 Å². The maximum atomic E-state index is 13.4. The average Bonchev–Trinajstić information content (AvgIpc) is 3.04. The Morgan fingerprint density at radius 3 is 2.45 bits per heavy atom. The first-order valence-corrected chi connectivity index (χ1v) is 10.8. The van der Waals surface area contributed by atoms with E-state index in [9.17, 15) is 9.59 Å². The third-order valence-corrected chi connectivity index (χ3v) is 6.36. The Bertz CT molecular complexity index is 792. The summed E-state index contributed by atoms with van der Waals surface area (Å²) < 4.78 is 0. The lowest BCUT2D eigenvalue weighted by atomic mass is 10.0. The zero-order valence-electron chi connectivity index (χ0n) is 18.2. The van der Waals surface area contributed by atoms with Gasteiger partial charge < -0.3 is 9.80 Å². The molecule has 0 aromatic heterocycles. The van der Waals surface area contributed by atoms with Gasteiger partial charge in [0.1, 0.15) is 18.5 Å². The van der Waals surface area contributed by atoms with E-state index in [-0.39, 0.29) is 30.4 Å². The fourth-order valence-corrected chi connectivity index (χ4v) is 5.06. The Morgan fingerprint density at radius 2 is 1.79 bits per heavy atom. The number of imide groups is 1. The maximum absolute atomic E-state index is 13.4. The predicted octanol–water partition coefficient (Wildman–Crippen LogP) is 2.34. The fraction of sp³-hybridized carbons (Fsp3) is 0.636. The van der Waals surface area contributed by atoms with Crippen LogP contribution in [0.2, 0.25) is 0 Å². The standard InChI is InChI=1S/C22H33N5O2/c1-6-7-8-25-20(28)18-19(24(5)22(25)29)23-21-26(12-16(4)13-27(18)21)17-10-14(2)9-15(3)11-17/h9-11,16,18-19,21,23H,6-8,12-13H2,1-5H3. The second-order valence-electron chi connectivity index (χ2n) is 8.97. The SMILES string of the molecule is CCCCN1C(=O)C2C(NC3N(c4cc(C)cc(C)c4)CC(C)CN23)N(C)C1=O. The van der Waals surface area contributed by atoms with Gasteiger partial charge in [-0.05, 0) is 49.4 Å².